The first-order valence-electron chi connectivity index (χ1n) is 12.8. The van der Waals surface area contributed by atoms with Gasteiger partial charge in [0.25, 0.3) is 0 Å². The molecule has 3 aromatic heterocycles. The van der Waals surface area contributed by atoms with E-state index in [-0.39, 0.29) is 38.6 Å². The molecule has 12 heteroatoms. The average molecular weight is 544 g/mol. The van der Waals surface area contributed by atoms with Gasteiger partial charge in [0.1, 0.15) is 10.6 Å². The minimum atomic E-state index is -3.63. The molecule has 0 aliphatic carbocycles. The van der Waals surface area contributed by atoms with Crippen LogP contribution in [-0.2, 0) is 25.9 Å². The Kier molecular flexibility index (Phi) is 7.05. The van der Waals surface area contributed by atoms with Gasteiger partial charge in [0.05, 0.1) is 48.3 Å². The number of aromatic amines is 1. The van der Waals surface area contributed by atoms with E-state index in [4.69, 9.17) is 14.7 Å². The number of nitrogens with one attached hydrogen (secondary N) is 1. The molecule has 1 amide bonds. The van der Waals surface area contributed by atoms with Crippen molar-refractivity contribution in [3.8, 4) is 11.4 Å². The van der Waals surface area contributed by atoms with Gasteiger partial charge in [0, 0.05) is 31.6 Å². The minimum absolute atomic E-state index is 0.0922. The van der Waals surface area contributed by atoms with Gasteiger partial charge in [-0.3, -0.25) is 0 Å². The van der Waals surface area contributed by atoms with Crippen molar-refractivity contribution < 1.29 is 28.2 Å². The highest BCUT2D eigenvalue weighted by atomic mass is 32.2. The number of hydrogen-bond donors (Lipinski definition) is 3. The van der Waals surface area contributed by atoms with E-state index in [2.05, 4.69) is 16.8 Å². The molecule has 38 heavy (non-hydrogen) atoms. The van der Waals surface area contributed by atoms with E-state index in [0.29, 0.717) is 53.7 Å². The number of H-pyrrole nitrogens is 1. The van der Waals surface area contributed by atoms with E-state index in [1.165, 1.54) is 11.2 Å². The molecule has 5 rings (SSSR count). The number of aliphatic hydroxyl groups is 1. The van der Waals surface area contributed by atoms with E-state index in [1.807, 2.05) is 18.2 Å². The number of anilines is 1. The van der Waals surface area contributed by atoms with Gasteiger partial charge in [-0.05, 0) is 55.2 Å². The van der Waals surface area contributed by atoms with Crippen LogP contribution < -0.4 is 4.90 Å². The number of amides is 1. The normalized spacial score (nSPS) is 20.1. The van der Waals surface area contributed by atoms with Crippen LogP contribution in [0.15, 0.2) is 30.3 Å². The number of carboxylic acid groups (broad SMARTS) is 1. The molecule has 2 aliphatic heterocycles. The van der Waals surface area contributed by atoms with Crippen molar-refractivity contribution in [2.75, 3.05) is 44.0 Å². The van der Waals surface area contributed by atoms with Crippen molar-refractivity contribution >= 4 is 32.8 Å². The lowest BCUT2D eigenvalue weighted by molar-refractivity contribution is 0.0925. The van der Waals surface area contributed by atoms with Crippen molar-refractivity contribution in [1.82, 2.24) is 19.9 Å². The average Bonchev–Trinajstić information content (AvgIpc) is 3.35. The van der Waals surface area contributed by atoms with Crippen LogP contribution in [0.4, 0.5) is 10.6 Å². The number of nitrogens with zero attached hydrogens (tertiary/aromatic N) is 4. The third kappa shape index (κ3) is 4.72. The zero-order valence-electron chi connectivity index (χ0n) is 21.6. The van der Waals surface area contributed by atoms with Crippen molar-refractivity contribution in [3.63, 3.8) is 0 Å². The first-order valence-corrected chi connectivity index (χ1v) is 14.7. The molecular formula is C26H33N5O6S. The molecule has 3 aromatic rings. The number of fused-ring (bicyclic) bond motifs is 1. The van der Waals surface area contributed by atoms with E-state index < -0.39 is 20.7 Å². The SMILES string of the molecule is CCC1COCCN1c1cc(C2(S(C)(=O)=O)CCN(C(=O)O)CC2)cc(-c2ccc3[nH]c(CO)cc3n2)n1. The molecule has 11 nitrogen and oxygen atoms in total. The lowest BCUT2D eigenvalue weighted by atomic mass is 9.88. The largest absolute Gasteiger partial charge is 0.465 e. The Labute approximate surface area is 221 Å². The predicted octanol–water partition coefficient (Wildman–Crippen LogP) is 2.75. The summed E-state index contributed by atoms with van der Waals surface area (Å²) in [7, 11) is -3.63. The molecule has 0 bridgehead atoms. The van der Waals surface area contributed by atoms with Gasteiger partial charge < -0.3 is 29.7 Å². The fourth-order valence-electron chi connectivity index (χ4n) is 5.58. The molecule has 1 unspecified atom stereocenters. The van der Waals surface area contributed by atoms with Gasteiger partial charge >= 0.3 is 6.09 Å². The van der Waals surface area contributed by atoms with Gasteiger partial charge in [-0.25, -0.2) is 23.2 Å². The van der Waals surface area contributed by atoms with Crippen LogP contribution in [0.2, 0.25) is 0 Å². The maximum Gasteiger partial charge on any atom is 0.407 e. The van der Waals surface area contributed by atoms with Crippen LogP contribution in [0, 0.1) is 0 Å². The maximum absolute atomic E-state index is 13.4. The van der Waals surface area contributed by atoms with Crippen LogP contribution >= 0.6 is 0 Å². The van der Waals surface area contributed by atoms with Crippen LogP contribution in [0.3, 0.4) is 0 Å². The van der Waals surface area contributed by atoms with Crippen molar-refractivity contribution in [3.05, 3.63) is 41.6 Å². The second kappa shape index (κ2) is 10.2. The highest BCUT2D eigenvalue weighted by Gasteiger charge is 2.46. The summed E-state index contributed by atoms with van der Waals surface area (Å²) in [5.41, 5.74) is 3.81. The Morgan fingerprint density at radius 3 is 2.58 bits per heavy atom. The van der Waals surface area contributed by atoms with Crippen LogP contribution in [0.25, 0.3) is 22.4 Å². The van der Waals surface area contributed by atoms with Crippen LogP contribution in [-0.4, -0.2) is 89.7 Å². The Balaban J connectivity index is 1.67. The molecule has 1 atom stereocenters. The van der Waals surface area contributed by atoms with Crippen molar-refractivity contribution in [2.24, 2.45) is 0 Å². The predicted molar refractivity (Wildman–Crippen MR) is 143 cm³/mol. The second-order valence-corrected chi connectivity index (χ2v) is 12.4. The standard InChI is InChI=1S/C26H33N5O6S/c1-3-19-16-37-11-10-31(19)24-13-17(26(38(2,35)36)6-8-30(9-7-26)25(33)34)12-22(29-24)21-5-4-20-23(28-21)14-18(15-32)27-20/h4-5,12-14,19,27,32H,3,6-11,15-16H2,1-2H3,(H,33,34). The van der Waals surface area contributed by atoms with Gasteiger partial charge in [-0.1, -0.05) is 6.92 Å². The zero-order chi connectivity index (χ0) is 27.1. The third-order valence-corrected chi connectivity index (χ3v) is 9.91. The molecule has 2 saturated heterocycles. The van der Waals surface area contributed by atoms with Gasteiger partial charge in [0.2, 0.25) is 0 Å². The number of likely N-dealkylation sites (tertiary alicyclic amines) is 1. The number of carbonyl (C=O) groups is 1. The number of aliphatic hydroxyl groups excluding tert-OH is 1. The Morgan fingerprint density at radius 1 is 1.16 bits per heavy atom. The molecule has 5 heterocycles. The fourth-order valence-corrected chi connectivity index (χ4v) is 7.05. The molecule has 2 aliphatic rings. The number of pyridine rings is 2. The second-order valence-electron chi connectivity index (χ2n) is 10.0. The Hall–Kier alpha value is -3.22. The van der Waals surface area contributed by atoms with Crippen LogP contribution in [0.5, 0.6) is 0 Å². The maximum atomic E-state index is 13.4. The van der Waals surface area contributed by atoms with E-state index in [1.54, 1.807) is 12.1 Å². The molecule has 204 valence electrons. The molecular weight excluding hydrogens is 510 g/mol. The summed E-state index contributed by atoms with van der Waals surface area (Å²) >= 11 is 0. The van der Waals surface area contributed by atoms with E-state index in [9.17, 15) is 23.4 Å². The van der Waals surface area contributed by atoms with Gasteiger partial charge in [-0.2, -0.15) is 0 Å². The molecule has 2 fully saturated rings. The summed E-state index contributed by atoms with van der Waals surface area (Å²) in [4.78, 5) is 27.8. The highest BCUT2D eigenvalue weighted by molar-refractivity contribution is 7.91. The van der Waals surface area contributed by atoms with Crippen molar-refractivity contribution in [2.45, 2.75) is 43.6 Å². The van der Waals surface area contributed by atoms with Crippen molar-refractivity contribution in [1.29, 1.82) is 0 Å². The van der Waals surface area contributed by atoms with Gasteiger partial charge in [0.15, 0.2) is 9.84 Å². The molecule has 3 N–H and O–H groups in total. The summed E-state index contributed by atoms with van der Waals surface area (Å²) in [6.07, 6.45) is 1.34. The quantitative estimate of drug-likeness (QED) is 0.427. The summed E-state index contributed by atoms with van der Waals surface area (Å²) in [5, 5.41) is 19.0. The fraction of sp³-hybridized carbons (Fsp3) is 0.500. The number of rotatable bonds is 6. The smallest absolute Gasteiger partial charge is 0.407 e. The first-order chi connectivity index (χ1) is 18.1. The number of ether oxygens (including phenoxy) is 1. The third-order valence-electron chi connectivity index (χ3n) is 7.85. The first kappa shape index (κ1) is 26.4. The topological polar surface area (TPSA) is 149 Å². The number of piperidine rings is 1. The Bertz CT molecular complexity index is 1450. The summed E-state index contributed by atoms with van der Waals surface area (Å²) in [6.45, 7) is 3.92. The minimum Gasteiger partial charge on any atom is -0.465 e. The summed E-state index contributed by atoms with van der Waals surface area (Å²) < 4.78 is 31.2. The molecule has 0 aromatic carbocycles. The molecule has 0 saturated carbocycles. The zero-order valence-corrected chi connectivity index (χ0v) is 22.4. The number of hydrogen-bond acceptors (Lipinski definition) is 8. The van der Waals surface area contributed by atoms with E-state index >= 15 is 0 Å². The number of morpholine rings is 1. The number of sulfone groups is 1. The lowest BCUT2D eigenvalue weighted by Crippen LogP contribution is -2.49. The lowest BCUT2D eigenvalue weighted by Gasteiger charge is -2.41. The Morgan fingerprint density at radius 2 is 1.92 bits per heavy atom. The van der Waals surface area contributed by atoms with Crippen LogP contribution in [0.1, 0.15) is 37.4 Å². The monoisotopic (exact) mass is 543 g/mol. The van der Waals surface area contributed by atoms with Gasteiger partial charge in [-0.15, -0.1) is 0 Å². The summed E-state index contributed by atoms with van der Waals surface area (Å²) in [6, 6.07) is 9.20. The molecule has 0 radical (unpaired) electrons. The van der Waals surface area contributed by atoms with E-state index in [0.717, 1.165) is 11.9 Å². The highest BCUT2D eigenvalue weighted by Crippen LogP contribution is 2.43. The summed E-state index contributed by atoms with van der Waals surface area (Å²) in [5.74, 6) is 0.656. The number of aromatic nitrogens is 3. The molecule has 0 spiro atoms.